The Balaban J connectivity index is 1.55. The monoisotopic (exact) mass is 313 g/mol. The normalized spacial score (nSPS) is 14.7. The van der Waals surface area contributed by atoms with Gasteiger partial charge in [-0.05, 0) is 43.5 Å². The second kappa shape index (κ2) is 7.83. The lowest BCUT2D eigenvalue weighted by molar-refractivity contribution is -0.115. The van der Waals surface area contributed by atoms with E-state index in [1.165, 1.54) is 19.3 Å². The summed E-state index contributed by atoms with van der Waals surface area (Å²) in [6.45, 7) is 2.93. The molecule has 0 spiro atoms. The summed E-state index contributed by atoms with van der Waals surface area (Å²) in [5, 5.41) is 6.10. The molecule has 0 bridgehead atoms. The molecule has 1 amide bonds. The zero-order valence-corrected chi connectivity index (χ0v) is 13.3. The van der Waals surface area contributed by atoms with Crippen LogP contribution in [0.4, 0.5) is 11.4 Å². The van der Waals surface area contributed by atoms with Crippen molar-refractivity contribution in [2.24, 2.45) is 0 Å². The van der Waals surface area contributed by atoms with Gasteiger partial charge in [-0.3, -0.25) is 4.79 Å². The van der Waals surface area contributed by atoms with Crippen LogP contribution in [-0.2, 0) is 11.3 Å². The molecule has 1 aliphatic rings. The lowest BCUT2D eigenvalue weighted by Gasteiger charge is -2.30. The lowest BCUT2D eigenvalue weighted by Crippen LogP contribution is -2.32. The van der Waals surface area contributed by atoms with E-state index in [0.717, 1.165) is 30.2 Å². The first kappa shape index (κ1) is 15.6. The highest BCUT2D eigenvalue weighted by Crippen LogP contribution is 2.28. The van der Waals surface area contributed by atoms with Gasteiger partial charge in [-0.2, -0.15) is 0 Å². The van der Waals surface area contributed by atoms with Crippen LogP contribution in [0.1, 0.15) is 25.0 Å². The van der Waals surface area contributed by atoms with Crippen LogP contribution in [0.25, 0.3) is 0 Å². The second-order valence-corrected chi connectivity index (χ2v) is 5.80. The molecule has 3 rings (SSSR count). The van der Waals surface area contributed by atoms with Gasteiger partial charge in [0.25, 0.3) is 0 Å². The van der Waals surface area contributed by atoms with Gasteiger partial charge in [-0.15, -0.1) is 0 Å². The van der Waals surface area contributed by atoms with Crippen LogP contribution in [0.3, 0.4) is 0 Å². The van der Waals surface area contributed by atoms with Gasteiger partial charge in [0.2, 0.25) is 5.91 Å². The van der Waals surface area contributed by atoms with Crippen LogP contribution < -0.4 is 15.5 Å². The Morgan fingerprint density at radius 2 is 1.91 bits per heavy atom. The van der Waals surface area contributed by atoms with E-state index in [-0.39, 0.29) is 12.5 Å². The van der Waals surface area contributed by atoms with Crippen LogP contribution in [0.5, 0.6) is 0 Å². The first-order valence-electron chi connectivity index (χ1n) is 8.20. The number of carbonyl (C=O) groups excluding carboxylic acids is 1. The minimum absolute atomic E-state index is 0.0407. The number of benzene rings is 1. The van der Waals surface area contributed by atoms with Gasteiger partial charge in [0.05, 0.1) is 30.7 Å². The van der Waals surface area contributed by atoms with E-state index in [9.17, 15) is 4.79 Å². The first-order chi connectivity index (χ1) is 11.3. The maximum absolute atomic E-state index is 12.2. The largest absolute Gasteiger partial charge is 0.468 e. The van der Waals surface area contributed by atoms with Crippen LogP contribution >= 0.6 is 0 Å². The second-order valence-electron chi connectivity index (χ2n) is 5.80. The number of furan rings is 1. The highest BCUT2D eigenvalue weighted by Gasteiger charge is 2.15. The molecular weight excluding hydrogens is 290 g/mol. The number of hydrogen-bond acceptors (Lipinski definition) is 4. The smallest absolute Gasteiger partial charge is 0.238 e. The zero-order valence-electron chi connectivity index (χ0n) is 13.3. The molecule has 23 heavy (non-hydrogen) atoms. The van der Waals surface area contributed by atoms with Crippen LogP contribution in [0.2, 0.25) is 0 Å². The molecule has 0 saturated carbocycles. The van der Waals surface area contributed by atoms with E-state index >= 15 is 0 Å². The molecule has 122 valence electrons. The third-order valence-electron chi connectivity index (χ3n) is 4.04. The summed E-state index contributed by atoms with van der Waals surface area (Å²) in [7, 11) is 0. The molecule has 5 nitrogen and oxygen atoms in total. The van der Waals surface area contributed by atoms with E-state index in [2.05, 4.69) is 21.6 Å². The number of nitrogens with one attached hydrogen (secondary N) is 2. The molecule has 0 unspecified atom stereocenters. The molecule has 1 aliphatic heterocycles. The topological polar surface area (TPSA) is 57.5 Å². The van der Waals surface area contributed by atoms with Crippen LogP contribution in [0.15, 0.2) is 47.1 Å². The number of piperidine rings is 1. The quantitative estimate of drug-likeness (QED) is 0.861. The van der Waals surface area contributed by atoms with E-state index in [4.69, 9.17) is 4.42 Å². The van der Waals surface area contributed by atoms with E-state index in [0.29, 0.717) is 6.54 Å². The van der Waals surface area contributed by atoms with Crippen molar-refractivity contribution in [2.45, 2.75) is 25.8 Å². The number of para-hydroxylation sites is 2. The van der Waals surface area contributed by atoms with Gasteiger partial charge in [0.1, 0.15) is 5.76 Å². The summed E-state index contributed by atoms with van der Waals surface area (Å²) in [4.78, 5) is 14.5. The average Bonchev–Trinajstić information content (AvgIpc) is 3.09. The minimum atomic E-state index is -0.0407. The van der Waals surface area contributed by atoms with Crippen molar-refractivity contribution in [3.63, 3.8) is 0 Å². The summed E-state index contributed by atoms with van der Waals surface area (Å²) < 4.78 is 5.23. The predicted octanol–water partition coefficient (Wildman–Crippen LogP) is 3.00. The van der Waals surface area contributed by atoms with Crippen molar-refractivity contribution < 1.29 is 9.21 Å². The number of carbonyl (C=O) groups is 1. The van der Waals surface area contributed by atoms with Crippen molar-refractivity contribution in [2.75, 3.05) is 29.9 Å². The predicted molar refractivity (Wildman–Crippen MR) is 91.6 cm³/mol. The van der Waals surface area contributed by atoms with Gasteiger partial charge in [-0.1, -0.05) is 12.1 Å². The number of hydrogen-bond donors (Lipinski definition) is 2. The van der Waals surface area contributed by atoms with Crippen molar-refractivity contribution in [1.82, 2.24) is 5.32 Å². The maximum Gasteiger partial charge on any atom is 0.238 e. The third kappa shape index (κ3) is 4.36. The molecule has 0 atom stereocenters. The Kier molecular flexibility index (Phi) is 5.32. The molecule has 1 saturated heterocycles. The fraction of sp³-hybridized carbons (Fsp3) is 0.389. The molecule has 2 N–H and O–H groups in total. The summed E-state index contributed by atoms with van der Waals surface area (Å²) in [6.07, 6.45) is 5.35. The fourth-order valence-electron chi connectivity index (χ4n) is 2.90. The standard InChI is InChI=1S/C18H23N3O2/c22-18(14-19-13-15-7-6-12-23-15)20-16-8-2-3-9-17(16)21-10-4-1-5-11-21/h2-3,6-9,12,19H,1,4-5,10-11,13-14H2,(H,20,22). The number of nitrogens with zero attached hydrogens (tertiary/aromatic N) is 1. The van der Waals surface area contributed by atoms with Gasteiger partial charge >= 0.3 is 0 Å². The number of amides is 1. The molecule has 2 aromatic rings. The van der Waals surface area contributed by atoms with Crippen molar-refractivity contribution in [1.29, 1.82) is 0 Å². The van der Waals surface area contributed by atoms with Gasteiger partial charge in [0, 0.05) is 13.1 Å². The highest BCUT2D eigenvalue weighted by molar-refractivity contribution is 5.95. The molecule has 1 fully saturated rings. The molecule has 1 aromatic heterocycles. The lowest BCUT2D eigenvalue weighted by atomic mass is 10.1. The van der Waals surface area contributed by atoms with Crippen molar-refractivity contribution in [3.8, 4) is 0 Å². The van der Waals surface area contributed by atoms with Gasteiger partial charge < -0.3 is 20.0 Å². The van der Waals surface area contributed by atoms with Gasteiger partial charge in [0.15, 0.2) is 0 Å². The Bertz CT molecular complexity index is 619. The molecule has 5 heteroatoms. The molecule has 2 heterocycles. The first-order valence-corrected chi connectivity index (χ1v) is 8.20. The molecule has 0 aliphatic carbocycles. The summed E-state index contributed by atoms with van der Waals surface area (Å²) >= 11 is 0. The summed E-state index contributed by atoms with van der Waals surface area (Å²) in [6, 6.07) is 11.8. The molecule has 1 aromatic carbocycles. The van der Waals surface area contributed by atoms with Crippen LogP contribution in [0, 0.1) is 0 Å². The van der Waals surface area contributed by atoms with Crippen molar-refractivity contribution >= 4 is 17.3 Å². The SMILES string of the molecule is O=C(CNCc1ccco1)Nc1ccccc1N1CCCCC1. The Morgan fingerprint density at radius 1 is 1.09 bits per heavy atom. The summed E-state index contributed by atoms with van der Waals surface area (Å²) in [5.74, 6) is 0.785. The maximum atomic E-state index is 12.2. The highest BCUT2D eigenvalue weighted by atomic mass is 16.3. The molecular formula is C18H23N3O2. The van der Waals surface area contributed by atoms with E-state index < -0.39 is 0 Å². The Morgan fingerprint density at radius 3 is 2.70 bits per heavy atom. The average molecular weight is 313 g/mol. The Hall–Kier alpha value is -2.27. The Labute approximate surface area is 136 Å². The van der Waals surface area contributed by atoms with Crippen molar-refractivity contribution in [3.05, 3.63) is 48.4 Å². The molecule has 0 radical (unpaired) electrons. The summed E-state index contributed by atoms with van der Waals surface area (Å²) in [5.41, 5.74) is 2.01. The number of anilines is 2. The zero-order chi connectivity index (χ0) is 15.9. The third-order valence-corrected chi connectivity index (χ3v) is 4.04. The minimum Gasteiger partial charge on any atom is -0.468 e. The van der Waals surface area contributed by atoms with E-state index in [1.807, 2.05) is 30.3 Å². The van der Waals surface area contributed by atoms with Gasteiger partial charge in [-0.25, -0.2) is 0 Å². The van der Waals surface area contributed by atoms with E-state index in [1.54, 1.807) is 6.26 Å². The van der Waals surface area contributed by atoms with Crippen LogP contribution in [-0.4, -0.2) is 25.5 Å². The number of rotatable bonds is 6. The fourth-order valence-corrected chi connectivity index (χ4v) is 2.90.